The van der Waals surface area contributed by atoms with Crippen molar-refractivity contribution < 1.29 is 19.1 Å². The topological polar surface area (TPSA) is 84.5 Å². The van der Waals surface area contributed by atoms with Crippen molar-refractivity contribution >= 4 is 68.3 Å². The van der Waals surface area contributed by atoms with Gasteiger partial charge in [-0.05, 0) is 48.9 Å². The first-order valence-electron chi connectivity index (χ1n) is 8.21. The molecule has 0 bridgehead atoms. The summed E-state index contributed by atoms with van der Waals surface area (Å²) in [5.41, 5.74) is 1.97. The number of esters is 1. The van der Waals surface area contributed by atoms with Gasteiger partial charge in [0.15, 0.2) is 6.61 Å². The molecule has 2 rings (SSSR count). The van der Waals surface area contributed by atoms with E-state index in [0.29, 0.717) is 21.4 Å². The minimum absolute atomic E-state index is 0.0908. The molecule has 0 saturated heterocycles. The summed E-state index contributed by atoms with van der Waals surface area (Å²) < 4.78 is 5.79. The van der Waals surface area contributed by atoms with E-state index in [2.05, 4.69) is 26.6 Å². The van der Waals surface area contributed by atoms with Crippen molar-refractivity contribution in [2.45, 2.75) is 19.8 Å². The fourth-order valence-electron chi connectivity index (χ4n) is 2.18. The summed E-state index contributed by atoms with van der Waals surface area (Å²) in [6, 6.07) is 10.1. The molecule has 0 fully saturated rings. The van der Waals surface area contributed by atoms with Crippen LogP contribution in [0.4, 0.5) is 11.4 Å². The minimum Gasteiger partial charge on any atom is -0.456 e. The fourth-order valence-corrected chi connectivity index (χ4v) is 2.96. The maximum absolute atomic E-state index is 11.9. The first kappa shape index (κ1) is 22.2. The van der Waals surface area contributed by atoms with E-state index in [0.717, 1.165) is 10.0 Å². The van der Waals surface area contributed by atoms with Crippen molar-refractivity contribution in [3.05, 3.63) is 56.5 Å². The molecule has 0 spiro atoms. The molecule has 9 heteroatoms. The van der Waals surface area contributed by atoms with Crippen molar-refractivity contribution in [1.82, 2.24) is 0 Å². The molecular formula is C19H17BrCl2N2O4. The second-order valence-electron chi connectivity index (χ2n) is 5.85. The summed E-state index contributed by atoms with van der Waals surface area (Å²) >= 11 is 15.0. The second-order valence-corrected chi connectivity index (χ2v) is 7.58. The molecule has 0 aromatic heterocycles. The number of ether oxygens (including phenoxy) is 1. The van der Waals surface area contributed by atoms with E-state index >= 15 is 0 Å². The number of carbonyl (C=O) groups is 3. The number of benzene rings is 2. The largest absolute Gasteiger partial charge is 0.456 e. The van der Waals surface area contributed by atoms with E-state index in [1.165, 1.54) is 6.07 Å². The fraction of sp³-hybridized carbons (Fsp3) is 0.211. The van der Waals surface area contributed by atoms with Gasteiger partial charge in [0, 0.05) is 22.3 Å². The Labute approximate surface area is 180 Å². The van der Waals surface area contributed by atoms with Gasteiger partial charge in [0.05, 0.1) is 16.5 Å². The zero-order chi connectivity index (χ0) is 20.7. The molecule has 0 aliphatic carbocycles. The molecule has 2 N–H and O–H groups in total. The number of aryl methyl sites for hydroxylation is 1. The average Bonchev–Trinajstić information content (AvgIpc) is 2.63. The second kappa shape index (κ2) is 10.5. The SMILES string of the molecule is Cc1cc(Br)ccc1NC(=O)COC(=O)CCC(=O)Nc1ccc(Cl)c(Cl)c1. The van der Waals surface area contributed by atoms with E-state index in [1.807, 2.05) is 13.0 Å². The third kappa shape index (κ3) is 7.14. The number of halogens is 3. The highest BCUT2D eigenvalue weighted by Gasteiger charge is 2.12. The molecule has 2 aromatic carbocycles. The van der Waals surface area contributed by atoms with Crippen LogP contribution in [-0.2, 0) is 19.1 Å². The number of anilines is 2. The molecule has 0 heterocycles. The van der Waals surface area contributed by atoms with E-state index in [4.69, 9.17) is 27.9 Å². The zero-order valence-electron chi connectivity index (χ0n) is 14.9. The number of carbonyl (C=O) groups excluding carboxylic acids is 3. The van der Waals surface area contributed by atoms with Gasteiger partial charge in [-0.1, -0.05) is 39.1 Å². The Morgan fingerprint density at radius 1 is 0.964 bits per heavy atom. The quantitative estimate of drug-likeness (QED) is 0.540. The maximum Gasteiger partial charge on any atom is 0.306 e. The Balaban J connectivity index is 1.72. The van der Waals surface area contributed by atoms with E-state index in [1.54, 1.807) is 24.3 Å². The lowest BCUT2D eigenvalue weighted by Gasteiger charge is -2.09. The molecule has 28 heavy (non-hydrogen) atoms. The third-order valence-corrected chi connectivity index (χ3v) is 4.82. The molecule has 0 aliphatic rings. The van der Waals surface area contributed by atoms with Crippen LogP contribution in [0.5, 0.6) is 0 Å². The lowest BCUT2D eigenvalue weighted by atomic mass is 10.2. The smallest absolute Gasteiger partial charge is 0.306 e. The van der Waals surface area contributed by atoms with Gasteiger partial charge < -0.3 is 15.4 Å². The summed E-state index contributed by atoms with van der Waals surface area (Å²) in [4.78, 5) is 35.5. The lowest BCUT2D eigenvalue weighted by Crippen LogP contribution is -2.22. The highest BCUT2D eigenvalue weighted by atomic mass is 79.9. The van der Waals surface area contributed by atoms with Crippen LogP contribution in [0.2, 0.25) is 10.0 Å². The standard InChI is InChI=1S/C19H17BrCl2N2O4/c1-11-8-12(20)2-5-16(11)24-18(26)10-28-19(27)7-6-17(25)23-13-3-4-14(21)15(22)9-13/h2-5,8-9H,6-7,10H2,1H3,(H,23,25)(H,24,26). The average molecular weight is 488 g/mol. The van der Waals surface area contributed by atoms with Crippen molar-refractivity contribution in [3.63, 3.8) is 0 Å². The van der Waals surface area contributed by atoms with Crippen molar-refractivity contribution in [2.75, 3.05) is 17.2 Å². The van der Waals surface area contributed by atoms with Crippen LogP contribution in [0.15, 0.2) is 40.9 Å². The van der Waals surface area contributed by atoms with Crippen molar-refractivity contribution in [1.29, 1.82) is 0 Å². The molecule has 2 aromatic rings. The predicted molar refractivity (Wildman–Crippen MR) is 113 cm³/mol. The van der Waals surface area contributed by atoms with Gasteiger partial charge in [-0.25, -0.2) is 0 Å². The van der Waals surface area contributed by atoms with Crippen LogP contribution in [0.3, 0.4) is 0 Å². The highest BCUT2D eigenvalue weighted by molar-refractivity contribution is 9.10. The molecule has 0 aliphatic heterocycles. The Hall–Kier alpha value is -2.09. The Bertz CT molecular complexity index is 905. The molecule has 0 radical (unpaired) electrons. The van der Waals surface area contributed by atoms with E-state index < -0.39 is 18.5 Å². The summed E-state index contributed by atoms with van der Waals surface area (Å²) in [5.74, 6) is -1.49. The van der Waals surface area contributed by atoms with Crippen LogP contribution in [0.1, 0.15) is 18.4 Å². The van der Waals surface area contributed by atoms with Crippen LogP contribution in [0, 0.1) is 6.92 Å². The molecule has 0 unspecified atom stereocenters. The van der Waals surface area contributed by atoms with Crippen LogP contribution >= 0.6 is 39.1 Å². The summed E-state index contributed by atoms with van der Waals surface area (Å²) in [6.45, 7) is 1.42. The maximum atomic E-state index is 11.9. The molecule has 0 saturated carbocycles. The van der Waals surface area contributed by atoms with Crippen LogP contribution in [0.25, 0.3) is 0 Å². The number of amides is 2. The van der Waals surface area contributed by atoms with Gasteiger partial charge in [0.25, 0.3) is 5.91 Å². The van der Waals surface area contributed by atoms with Gasteiger partial charge in [0.1, 0.15) is 0 Å². The van der Waals surface area contributed by atoms with Gasteiger partial charge in [-0.2, -0.15) is 0 Å². The monoisotopic (exact) mass is 486 g/mol. The van der Waals surface area contributed by atoms with Crippen molar-refractivity contribution in [2.24, 2.45) is 0 Å². The molecule has 148 valence electrons. The number of nitrogens with one attached hydrogen (secondary N) is 2. The summed E-state index contributed by atoms with van der Waals surface area (Å²) in [6.07, 6.45) is -0.246. The third-order valence-electron chi connectivity index (χ3n) is 3.59. The Morgan fingerprint density at radius 2 is 1.71 bits per heavy atom. The zero-order valence-corrected chi connectivity index (χ0v) is 18.0. The highest BCUT2D eigenvalue weighted by Crippen LogP contribution is 2.25. The number of hydrogen-bond acceptors (Lipinski definition) is 4. The first-order chi connectivity index (χ1) is 13.2. The minimum atomic E-state index is -0.646. The first-order valence-corrected chi connectivity index (χ1v) is 9.76. The normalized spacial score (nSPS) is 10.3. The van der Waals surface area contributed by atoms with E-state index in [9.17, 15) is 14.4 Å². The number of hydrogen-bond donors (Lipinski definition) is 2. The van der Waals surface area contributed by atoms with Crippen molar-refractivity contribution in [3.8, 4) is 0 Å². The lowest BCUT2D eigenvalue weighted by molar-refractivity contribution is -0.147. The van der Waals surface area contributed by atoms with Gasteiger partial charge in [-0.15, -0.1) is 0 Å². The molecule has 6 nitrogen and oxygen atoms in total. The Kier molecular flexibility index (Phi) is 8.29. The predicted octanol–water partition coefficient (Wildman–Crippen LogP) is 4.96. The van der Waals surface area contributed by atoms with Gasteiger partial charge in [-0.3, -0.25) is 14.4 Å². The van der Waals surface area contributed by atoms with Crippen LogP contribution < -0.4 is 10.6 Å². The molecule has 0 atom stereocenters. The van der Waals surface area contributed by atoms with Gasteiger partial charge in [0.2, 0.25) is 5.91 Å². The summed E-state index contributed by atoms with van der Waals surface area (Å²) in [7, 11) is 0. The van der Waals surface area contributed by atoms with E-state index in [-0.39, 0.29) is 18.7 Å². The van der Waals surface area contributed by atoms with Gasteiger partial charge >= 0.3 is 5.97 Å². The van der Waals surface area contributed by atoms with Crippen LogP contribution in [-0.4, -0.2) is 24.4 Å². The number of rotatable bonds is 7. The Morgan fingerprint density at radius 3 is 2.39 bits per heavy atom. The summed E-state index contributed by atoms with van der Waals surface area (Å²) in [5, 5.41) is 5.95. The molecular weight excluding hydrogens is 471 g/mol. The molecule has 2 amide bonds.